The van der Waals surface area contributed by atoms with Crippen LogP contribution in [0.4, 0.5) is 0 Å². The van der Waals surface area contributed by atoms with Crippen LogP contribution in [0.25, 0.3) is 0 Å². The highest BCUT2D eigenvalue weighted by Crippen LogP contribution is 2.16. The Morgan fingerprint density at radius 2 is 1.81 bits per heavy atom. The second kappa shape index (κ2) is 4.94. The van der Waals surface area contributed by atoms with E-state index in [2.05, 4.69) is 15.9 Å². The van der Waals surface area contributed by atoms with Crippen molar-refractivity contribution in [2.75, 3.05) is 5.75 Å². The minimum Gasteiger partial charge on any atom is -0.368 e. The molecule has 0 spiro atoms. The first-order chi connectivity index (χ1) is 7.33. The van der Waals surface area contributed by atoms with Crippen LogP contribution in [0.3, 0.4) is 0 Å². The molecule has 0 radical (unpaired) electrons. The van der Waals surface area contributed by atoms with Gasteiger partial charge in [0.2, 0.25) is 5.91 Å². The Hall–Kier alpha value is -0.920. The maximum atomic E-state index is 11.8. The van der Waals surface area contributed by atoms with Gasteiger partial charge in [-0.05, 0) is 24.3 Å². The van der Waals surface area contributed by atoms with Gasteiger partial charge in [0, 0.05) is 4.47 Å². The van der Waals surface area contributed by atoms with E-state index in [0.717, 1.165) is 4.47 Å². The average molecular weight is 307 g/mol. The van der Waals surface area contributed by atoms with Gasteiger partial charge in [0.15, 0.2) is 9.84 Å². The van der Waals surface area contributed by atoms with Gasteiger partial charge in [-0.2, -0.15) is 0 Å². The van der Waals surface area contributed by atoms with Gasteiger partial charge >= 0.3 is 0 Å². The summed E-state index contributed by atoms with van der Waals surface area (Å²) in [7, 11) is -3.57. The molecule has 0 aliphatic rings. The fraction of sp³-hybridized carbons (Fsp3) is 0.222. The van der Waals surface area contributed by atoms with E-state index < -0.39 is 27.5 Å². The molecule has 0 aromatic heterocycles. The van der Waals surface area contributed by atoms with Crippen molar-refractivity contribution in [1.29, 1.82) is 0 Å². The average Bonchev–Trinajstić information content (AvgIpc) is 2.17. The maximum absolute atomic E-state index is 11.8. The predicted octanol–water partition coefficient (Wildman–Crippen LogP) is 0.0354. The first-order valence-electron chi connectivity index (χ1n) is 4.36. The molecule has 16 heavy (non-hydrogen) atoms. The van der Waals surface area contributed by atoms with Crippen molar-refractivity contribution in [3.05, 3.63) is 28.7 Å². The molecule has 1 unspecified atom stereocenters. The van der Waals surface area contributed by atoms with Gasteiger partial charge in [-0.1, -0.05) is 15.9 Å². The number of hydrogen-bond donors (Lipinski definition) is 2. The zero-order valence-corrected chi connectivity index (χ0v) is 10.7. The number of hydrogen-bond acceptors (Lipinski definition) is 4. The molecule has 0 heterocycles. The molecular formula is C9H11BrN2O3S. The molecule has 0 bridgehead atoms. The summed E-state index contributed by atoms with van der Waals surface area (Å²) in [5, 5.41) is 0. The number of carbonyl (C=O) groups excluding carboxylic acids is 1. The molecule has 1 atom stereocenters. The van der Waals surface area contributed by atoms with Gasteiger partial charge in [0.05, 0.1) is 16.7 Å². The zero-order valence-electron chi connectivity index (χ0n) is 8.26. The van der Waals surface area contributed by atoms with Crippen LogP contribution < -0.4 is 11.5 Å². The number of rotatable bonds is 4. The number of sulfone groups is 1. The Labute approximate surface area is 102 Å². The summed E-state index contributed by atoms with van der Waals surface area (Å²) in [5.41, 5.74) is 10.2. The molecule has 5 nitrogen and oxygen atoms in total. The van der Waals surface area contributed by atoms with Gasteiger partial charge in [-0.25, -0.2) is 8.42 Å². The fourth-order valence-corrected chi connectivity index (χ4v) is 2.70. The quantitative estimate of drug-likeness (QED) is 0.819. The van der Waals surface area contributed by atoms with Gasteiger partial charge in [0.25, 0.3) is 0 Å². The highest BCUT2D eigenvalue weighted by Gasteiger charge is 2.21. The lowest BCUT2D eigenvalue weighted by atomic mass is 10.3. The molecule has 0 aliphatic heterocycles. The molecule has 4 N–H and O–H groups in total. The summed E-state index contributed by atoms with van der Waals surface area (Å²) < 4.78 is 24.3. The standard InChI is InChI=1S/C9H11BrN2O3S/c10-6-1-3-7(4-2-6)16(14,15)5-8(11)9(12)13/h1-4,8H,5,11H2,(H2,12,13). The third kappa shape index (κ3) is 3.29. The van der Waals surface area contributed by atoms with Crippen molar-refractivity contribution in [2.45, 2.75) is 10.9 Å². The largest absolute Gasteiger partial charge is 0.368 e. The van der Waals surface area contributed by atoms with Crippen molar-refractivity contribution in [1.82, 2.24) is 0 Å². The molecule has 1 aromatic carbocycles. The summed E-state index contributed by atoms with van der Waals surface area (Å²) in [5.74, 6) is -1.31. The number of nitrogens with two attached hydrogens (primary N) is 2. The third-order valence-electron chi connectivity index (χ3n) is 1.94. The van der Waals surface area contributed by atoms with Crippen LogP contribution in [0, 0.1) is 0 Å². The van der Waals surface area contributed by atoms with Gasteiger partial charge in [-0.15, -0.1) is 0 Å². The molecule has 88 valence electrons. The van der Waals surface area contributed by atoms with Crippen molar-refractivity contribution < 1.29 is 13.2 Å². The van der Waals surface area contributed by atoms with E-state index in [1.165, 1.54) is 12.1 Å². The van der Waals surface area contributed by atoms with E-state index in [4.69, 9.17) is 11.5 Å². The molecule has 1 aromatic rings. The summed E-state index contributed by atoms with van der Waals surface area (Å²) in [4.78, 5) is 10.8. The molecule has 0 saturated carbocycles. The van der Waals surface area contributed by atoms with Crippen LogP contribution in [-0.2, 0) is 14.6 Å². The second-order valence-electron chi connectivity index (χ2n) is 3.24. The minimum atomic E-state index is -3.57. The monoisotopic (exact) mass is 306 g/mol. The Bertz CT molecular complexity index is 484. The van der Waals surface area contributed by atoms with Gasteiger partial charge < -0.3 is 11.5 Å². The normalized spacial score (nSPS) is 13.4. The van der Waals surface area contributed by atoms with Crippen molar-refractivity contribution in [3.8, 4) is 0 Å². The van der Waals surface area contributed by atoms with Crippen LogP contribution >= 0.6 is 15.9 Å². The summed E-state index contributed by atoms with van der Waals surface area (Å²) in [6.45, 7) is 0. The summed E-state index contributed by atoms with van der Waals surface area (Å²) >= 11 is 3.19. The zero-order chi connectivity index (χ0) is 12.3. The molecule has 1 amide bonds. The van der Waals surface area contributed by atoms with Crippen molar-refractivity contribution >= 4 is 31.7 Å². The lowest BCUT2D eigenvalue weighted by Crippen LogP contribution is -2.41. The Morgan fingerprint density at radius 1 is 1.31 bits per heavy atom. The Balaban J connectivity index is 2.94. The molecule has 1 rings (SSSR count). The van der Waals surface area contributed by atoms with Crippen molar-refractivity contribution in [2.24, 2.45) is 11.5 Å². The van der Waals surface area contributed by atoms with Gasteiger partial charge in [-0.3, -0.25) is 4.79 Å². The molecule has 7 heteroatoms. The number of primary amides is 1. The fourth-order valence-electron chi connectivity index (χ4n) is 1.06. The highest BCUT2D eigenvalue weighted by atomic mass is 79.9. The first kappa shape index (κ1) is 13.1. The predicted molar refractivity (Wildman–Crippen MR) is 63.4 cm³/mol. The smallest absolute Gasteiger partial charge is 0.235 e. The molecule has 0 aliphatic carbocycles. The van der Waals surface area contributed by atoms with E-state index >= 15 is 0 Å². The van der Waals surface area contributed by atoms with E-state index in [0.29, 0.717) is 0 Å². The van der Waals surface area contributed by atoms with Crippen LogP contribution in [0.5, 0.6) is 0 Å². The van der Waals surface area contributed by atoms with E-state index in [9.17, 15) is 13.2 Å². The molecular weight excluding hydrogens is 296 g/mol. The maximum Gasteiger partial charge on any atom is 0.235 e. The van der Waals surface area contributed by atoms with Crippen LogP contribution in [-0.4, -0.2) is 26.1 Å². The van der Waals surface area contributed by atoms with Crippen LogP contribution in [0.15, 0.2) is 33.6 Å². The second-order valence-corrected chi connectivity index (χ2v) is 6.19. The Morgan fingerprint density at radius 3 is 2.25 bits per heavy atom. The number of halogens is 1. The SMILES string of the molecule is NC(=O)C(N)CS(=O)(=O)c1ccc(Br)cc1. The van der Waals surface area contributed by atoms with Crippen molar-refractivity contribution in [3.63, 3.8) is 0 Å². The number of benzene rings is 1. The third-order valence-corrected chi connectivity index (χ3v) is 4.25. The lowest BCUT2D eigenvalue weighted by Gasteiger charge is -2.08. The summed E-state index contributed by atoms with van der Waals surface area (Å²) in [6, 6.07) is 4.89. The highest BCUT2D eigenvalue weighted by molar-refractivity contribution is 9.10. The van der Waals surface area contributed by atoms with Crippen LogP contribution in [0.2, 0.25) is 0 Å². The molecule has 0 saturated heterocycles. The number of carbonyl (C=O) groups is 1. The van der Waals surface area contributed by atoms with E-state index in [1.807, 2.05) is 0 Å². The number of amides is 1. The van der Waals surface area contributed by atoms with E-state index in [-0.39, 0.29) is 4.90 Å². The first-order valence-corrected chi connectivity index (χ1v) is 6.80. The van der Waals surface area contributed by atoms with E-state index in [1.54, 1.807) is 12.1 Å². The lowest BCUT2D eigenvalue weighted by molar-refractivity contribution is -0.118. The minimum absolute atomic E-state index is 0.118. The molecule has 0 fully saturated rings. The van der Waals surface area contributed by atoms with Gasteiger partial charge in [0.1, 0.15) is 0 Å². The Kier molecular flexibility index (Phi) is 4.06. The topological polar surface area (TPSA) is 103 Å². The van der Waals surface area contributed by atoms with Crippen LogP contribution in [0.1, 0.15) is 0 Å². The summed E-state index contributed by atoms with van der Waals surface area (Å²) in [6.07, 6.45) is 0.